The molecule has 2 aromatic heterocycles. The van der Waals surface area contributed by atoms with Crippen molar-refractivity contribution in [1.29, 1.82) is 0 Å². The summed E-state index contributed by atoms with van der Waals surface area (Å²) in [6.45, 7) is 0.542. The first kappa shape index (κ1) is 14.1. The lowest BCUT2D eigenvalue weighted by atomic mass is 10.2. The van der Waals surface area contributed by atoms with Crippen molar-refractivity contribution in [3.05, 3.63) is 60.6 Å². The molecule has 7 heteroatoms. The number of hydrogen-bond acceptors (Lipinski definition) is 3. The lowest BCUT2D eigenvalue weighted by Crippen LogP contribution is -2.37. The van der Waals surface area contributed by atoms with Gasteiger partial charge in [-0.05, 0) is 40.3 Å². The van der Waals surface area contributed by atoms with Gasteiger partial charge < -0.3 is 4.57 Å². The molecule has 0 fully saturated rings. The summed E-state index contributed by atoms with van der Waals surface area (Å²) in [5.74, 6) is 0. The molecule has 0 bridgehead atoms. The molecule has 21 heavy (non-hydrogen) atoms. The van der Waals surface area contributed by atoms with E-state index >= 15 is 0 Å². The van der Waals surface area contributed by atoms with Gasteiger partial charge in [0.15, 0.2) is 11.2 Å². The van der Waals surface area contributed by atoms with Gasteiger partial charge in [-0.25, -0.2) is 9.78 Å². The summed E-state index contributed by atoms with van der Waals surface area (Å²) in [7, 11) is 3.10. The van der Waals surface area contributed by atoms with E-state index in [-0.39, 0.29) is 11.2 Å². The van der Waals surface area contributed by atoms with Crippen LogP contribution in [0, 0.1) is 3.57 Å². The van der Waals surface area contributed by atoms with Crippen molar-refractivity contribution < 1.29 is 0 Å². The monoisotopic (exact) mass is 396 g/mol. The van der Waals surface area contributed by atoms with Gasteiger partial charge in [-0.1, -0.05) is 12.1 Å². The van der Waals surface area contributed by atoms with Crippen molar-refractivity contribution in [3.63, 3.8) is 0 Å². The second-order valence-corrected chi connectivity index (χ2v) is 6.13. The molecule has 0 spiro atoms. The van der Waals surface area contributed by atoms with Crippen molar-refractivity contribution in [1.82, 2.24) is 18.7 Å². The highest BCUT2D eigenvalue weighted by Gasteiger charge is 2.14. The van der Waals surface area contributed by atoms with Crippen LogP contribution in [0.4, 0.5) is 0 Å². The Kier molecular flexibility index (Phi) is 3.44. The molecule has 0 aliphatic rings. The smallest absolute Gasteiger partial charge is 0.320 e. The molecule has 3 rings (SSSR count). The summed E-state index contributed by atoms with van der Waals surface area (Å²) in [6.07, 6.45) is 1.60. The molecule has 0 saturated heterocycles. The third-order valence-electron chi connectivity index (χ3n) is 3.46. The average molecular weight is 396 g/mol. The lowest BCUT2D eigenvalue weighted by Gasteiger charge is -2.07. The van der Waals surface area contributed by atoms with Gasteiger partial charge in [0.2, 0.25) is 0 Å². The predicted octanol–water partition coefficient (Wildman–Crippen LogP) is 1.09. The van der Waals surface area contributed by atoms with E-state index in [4.69, 9.17) is 0 Å². The number of aryl methyl sites for hydroxylation is 1. The zero-order valence-corrected chi connectivity index (χ0v) is 13.7. The van der Waals surface area contributed by atoms with Gasteiger partial charge in [0.25, 0.3) is 5.56 Å². The molecule has 0 saturated carbocycles. The normalized spacial score (nSPS) is 11.2. The Balaban J connectivity index is 2.21. The Morgan fingerprint density at radius 1 is 1.19 bits per heavy atom. The summed E-state index contributed by atoms with van der Waals surface area (Å²) >= 11 is 2.25. The Hall–Kier alpha value is -1.90. The number of imidazole rings is 1. The van der Waals surface area contributed by atoms with Gasteiger partial charge in [-0.15, -0.1) is 0 Å². The van der Waals surface area contributed by atoms with E-state index in [1.165, 1.54) is 11.6 Å². The van der Waals surface area contributed by atoms with Crippen molar-refractivity contribution >= 4 is 33.8 Å². The van der Waals surface area contributed by atoms with Crippen molar-refractivity contribution in [2.24, 2.45) is 14.1 Å². The Morgan fingerprint density at radius 2 is 1.95 bits per heavy atom. The van der Waals surface area contributed by atoms with E-state index in [1.54, 1.807) is 17.9 Å². The second kappa shape index (κ2) is 5.14. The number of nitrogens with zero attached hydrogens (tertiary/aromatic N) is 4. The van der Waals surface area contributed by atoms with Crippen LogP contribution in [-0.4, -0.2) is 18.7 Å². The quantitative estimate of drug-likeness (QED) is 0.610. The maximum atomic E-state index is 12.3. The van der Waals surface area contributed by atoms with Crippen LogP contribution >= 0.6 is 22.6 Å². The summed E-state index contributed by atoms with van der Waals surface area (Å²) in [5.41, 5.74) is 1.24. The van der Waals surface area contributed by atoms with Gasteiger partial charge in [0.1, 0.15) is 0 Å². The van der Waals surface area contributed by atoms with Gasteiger partial charge >= 0.3 is 5.69 Å². The number of fused-ring (bicyclic) bond motifs is 1. The van der Waals surface area contributed by atoms with E-state index in [1.807, 2.05) is 18.2 Å². The molecule has 0 aliphatic heterocycles. The van der Waals surface area contributed by atoms with Gasteiger partial charge in [0.05, 0.1) is 6.33 Å². The maximum absolute atomic E-state index is 12.3. The highest BCUT2D eigenvalue weighted by Crippen LogP contribution is 2.12. The van der Waals surface area contributed by atoms with Crippen LogP contribution in [0.1, 0.15) is 5.56 Å². The van der Waals surface area contributed by atoms with E-state index in [9.17, 15) is 9.59 Å². The van der Waals surface area contributed by atoms with Crippen LogP contribution in [0.25, 0.3) is 11.2 Å². The SMILES string of the molecule is Cn1c(=O)c2c(ncn2Cc2cccc(I)c2)n(C)c1=O. The summed E-state index contributed by atoms with van der Waals surface area (Å²) in [6, 6.07) is 8.04. The molecule has 0 aliphatic carbocycles. The molecular formula is C14H13IN4O2. The number of rotatable bonds is 2. The van der Waals surface area contributed by atoms with Crippen LogP contribution in [0.3, 0.4) is 0 Å². The third-order valence-corrected chi connectivity index (χ3v) is 4.13. The highest BCUT2D eigenvalue weighted by molar-refractivity contribution is 14.1. The van der Waals surface area contributed by atoms with E-state index in [2.05, 4.69) is 33.6 Å². The van der Waals surface area contributed by atoms with E-state index in [0.29, 0.717) is 17.7 Å². The lowest BCUT2D eigenvalue weighted by molar-refractivity contribution is 0.702. The van der Waals surface area contributed by atoms with Crippen LogP contribution < -0.4 is 11.2 Å². The fraction of sp³-hybridized carbons (Fsp3) is 0.214. The highest BCUT2D eigenvalue weighted by atomic mass is 127. The number of hydrogen-bond donors (Lipinski definition) is 0. The minimum Gasteiger partial charge on any atom is -0.320 e. The summed E-state index contributed by atoms with van der Waals surface area (Å²) in [4.78, 5) is 28.4. The molecule has 3 aromatic rings. The minimum atomic E-state index is -0.369. The Labute approximate surface area is 133 Å². The summed E-state index contributed by atoms with van der Waals surface area (Å²) < 4.78 is 5.41. The van der Waals surface area contributed by atoms with Gasteiger partial charge in [-0.2, -0.15) is 0 Å². The van der Waals surface area contributed by atoms with Crippen LogP contribution in [0.5, 0.6) is 0 Å². The van der Waals surface area contributed by atoms with E-state index in [0.717, 1.165) is 13.7 Å². The first-order chi connectivity index (χ1) is 9.99. The van der Waals surface area contributed by atoms with Crippen molar-refractivity contribution in [2.45, 2.75) is 6.54 Å². The minimum absolute atomic E-state index is 0.323. The van der Waals surface area contributed by atoms with E-state index < -0.39 is 0 Å². The second-order valence-electron chi connectivity index (χ2n) is 4.88. The maximum Gasteiger partial charge on any atom is 0.332 e. The molecular weight excluding hydrogens is 383 g/mol. The third kappa shape index (κ3) is 2.31. The Bertz CT molecular complexity index is 952. The fourth-order valence-corrected chi connectivity index (χ4v) is 2.96. The molecule has 2 heterocycles. The van der Waals surface area contributed by atoms with Crippen molar-refractivity contribution in [2.75, 3.05) is 0 Å². The van der Waals surface area contributed by atoms with Crippen LogP contribution in [0.15, 0.2) is 40.2 Å². The molecule has 0 amide bonds. The Morgan fingerprint density at radius 3 is 2.67 bits per heavy atom. The zero-order chi connectivity index (χ0) is 15.1. The predicted molar refractivity (Wildman–Crippen MR) is 88.5 cm³/mol. The van der Waals surface area contributed by atoms with Gasteiger partial charge in [-0.3, -0.25) is 13.9 Å². The fourth-order valence-electron chi connectivity index (χ4n) is 2.35. The molecule has 0 atom stereocenters. The number of aromatic nitrogens is 4. The average Bonchev–Trinajstić information content (AvgIpc) is 2.87. The standard InChI is InChI=1S/C14H13IN4O2/c1-17-12-11(13(20)18(2)14(17)21)19(8-16-12)7-9-4-3-5-10(15)6-9/h3-6,8H,7H2,1-2H3. The first-order valence-corrected chi connectivity index (χ1v) is 7.42. The molecule has 1 aromatic carbocycles. The largest absolute Gasteiger partial charge is 0.332 e. The molecule has 6 nitrogen and oxygen atoms in total. The van der Waals surface area contributed by atoms with Gasteiger partial charge in [0, 0.05) is 24.2 Å². The number of benzene rings is 1. The topological polar surface area (TPSA) is 61.8 Å². The van der Waals surface area contributed by atoms with Crippen LogP contribution in [0.2, 0.25) is 0 Å². The molecule has 0 radical (unpaired) electrons. The molecule has 0 N–H and O–H groups in total. The zero-order valence-electron chi connectivity index (χ0n) is 11.6. The molecule has 0 unspecified atom stereocenters. The van der Waals surface area contributed by atoms with Crippen molar-refractivity contribution in [3.8, 4) is 0 Å². The first-order valence-electron chi connectivity index (χ1n) is 6.34. The summed E-state index contributed by atoms with van der Waals surface area (Å²) in [5, 5.41) is 0. The van der Waals surface area contributed by atoms with Crippen LogP contribution in [-0.2, 0) is 20.6 Å². The molecule has 108 valence electrons. The number of halogens is 1.